The lowest BCUT2D eigenvalue weighted by Crippen LogP contribution is -2.29. The highest BCUT2D eigenvalue weighted by Gasteiger charge is 2.41. The molecule has 2 fully saturated rings. The number of rotatable bonds is 2. The van der Waals surface area contributed by atoms with E-state index in [9.17, 15) is 4.79 Å². The summed E-state index contributed by atoms with van der Waals surface area (Å²) in [5.74, 6) is 1.11. The van der Waals surface area contributed by atoms with Crippen LogP contribution < -0.4 is 5.73 Å². The van der Waals surface area contributed by atoms with Crippen LogP contribution in [-0.2, 0) is 9.47 Å². The van der Waals surface area contributed by atoms with E-state index in [-0.39, 0.29) is 6.10 Å². The SMILES string of the molecule is NC(=O)OC1COCC1C1CC1. The molecule has 4 heteroatoms. The molecule has 12 heavy (non-hydrogen) atoms. The second-order valence-electron chi connectivity index (χ2n) is 3.51. The van der Waals surface area contributed by atoms with Crippen molar-refractivity contribution in [3.8, 4) is 0 Å². The first-order valence-electron chi connectivity index (χ1n) is 4.31. The van der Waals surface area contributed by atoms with E-state index < -0.39 is 6.09 Å². The van der Waals surface area contributed by atoms with Gasteiger partial charge in [-0.15, -0.1) is 0 Å². The van der Waals surface area contributed by atoms with E-state index in [4.69, 9.17) is 15.2 Å². The molecule has 0 aromatic carbocycles. The highest BCUT2D eigenvalue weighted by Crippen LogP contribution is 2.41. The number of hydrogen-bond donors (Lipinski definition) is 1. The molecule has 1 heterocycles. The molecule has 0 aromatic heterocycles. The van der Waals surface area contributed by atoms with Crippen LogP contribution in [0.15, 0.2) is 0 Å². The van der Waals surface area contributed by atoms with E-state index in [0.717, 1.165) is 6.61 Å². The summed E-state index contributed by atoms with van der Waals surface area (Å²) in [4.78, 5) is 10.5. The highest BCUT2D eigenvalue weighted by atomic mass is 16.6. The molecule has 68 valence electrons. The molecule has 2 unspecified atom stereocenters. The normalized spacial score (nSPS) is 35.0. The van der Waals surface area contributed by atoms with Gasteiger partial charge in [-0.2, -0.15) is 0 Å². The van der Waals surface area contributed by atoms with E-state index in [1.807, 2.05) is 0 Å². The lowest BCUT2D eigenvalue weighted by molar-refractivity contribution is 0.0755. The summed E-state index contributed by atoms with van der Waals surface area (Å²) in [5.41, 5.74) is 4.94. The minimum Gasteiger partial charge on any atom is -0.444 e. The minimum absolute atomic E-state index is 0.0880. The van der Waals surface area contributed by atoms with Gasteiger partial charge in [0.05, 0.1) is 13.2 Å². The van der Waals surface area contributed by atoms with Crippen molar-refractivity contribution >= 4 is 6.09 Å². The molecule has 1 amide bonds. The van der Waals surface area contributed by atoms with Crippen molar-refractivity contribution in [1.82, 2.24) is 0 Å². The van der Waals surface area contributed by atoms with Crippen molar-refractivity contribution in [2.75, 3.05) is 13.2 Å². The minimum atomic E-state index is -0.684. The lowest BCUT2D eigenvalue weighted by Gasteiger charge is -2.15. The average Bonchev–Trinajstić information content (AvgIpc) is 2.73. The van der Waals surface area contributed by atoms with Crippen molar-refractivity contribution in [3.05, 3.63) is 0 Å². The topological polar surface area (TPSA) is 61.6 Å². The smallest absolute Gasteiger partial charge is 0.404 e. The fourth-order valence-corrected chi connectivity index (χ4v) is 1.79. The van der Waals surface area contributed by atoms with Gasteiger partial charge < -0.3 is 15.2 Å². The van der Waals surface area contributed by atoms with Crippen LogP contribution in [0.25, 0.3) is 0 Å². The Bertz CT molecular complexity index is 191. The van der Waals surface area contributed by atoms with Crippen molar-refractivity contribution in [2.24, 2.45) is 17.6 Å². The highest BCUT2D eigenvalue weighted by molar-refractivity contribution is 5.64. The van der Waals surface area contributed by atoms with Crippen molar-refractivity contribution in [3.63, 3.8) is 0 Å². The molecule has 4 nitrogen and oxygen atoms in total. The molecule has 0 spiro atoms. The van der Waals surface area contributed by atoms with Crippen LogP contribution in [0.3, 0.4) is 0 Å². The Labute approximate surface area is 71.0 Å². The summed E-state index contributed by atoms with van der Waals surface area (Å²) in [6, 6.07) is 0. The molecule has 2 aliphatic rings. The summed E-state index contributed by atoms with van der Waals surface area (Å²) in [5, 5.41) is 0. The van der Waals surface area contributed by atoms with E-state index >= 15 is 0 Å². The largest absolute Gasteiger partial charge is 0.444 e. The molecule has 1 aliphatic heterocycles. The molecule has 2 rings (SSSR count). The average molecular weight is 171 g/mol. The summed E-state index contributed by atoms with van der Waals surface area (Å²) >= 11 is 0. The van der Waals surface area contributed by atoms with Crippen LogP contribution in [0.1, 0.15) is 12.8 Å². The van der Waals surface area contributed by atoms with E-state index in [1.165, 1.54) is 12.8 Å². The first-order chi connectivity index (χ1) is 5.77. The Hall–Kier alpha value is -0.770. The number of amides is 1. The van der Waals surface area contributed by atoms with E-state index in [0.29, 0.717) is 18.4 Å². The lowest BCUT2D eigenvalue weighted by atomic mass is 10.0. The zero-order chi connectivity index (χ0) is 8.55. The monoisotopic (exact) mass is 171 g/mol. The first-order valence-corrected chi connectivity index (χ1v) is 4.31. The maximum absolute atomic E-state index is 10.5. The van der Waals surface area contributed by atoms with Gasteiger partial charge in [0.2, 0.25) is 0 Å². The molecule has 0 radical (unpaired) electrons. The van der Waals surface area contributed by atoms with Gasteiger partial charge in [-0.25, -0.2) is 4.79 Å². The third kappa shape index (κ3) is 1.53. The number of nitrogens with two attached hydrogens (primary N) is 1. The fourth-order valence-electron chi connectivity index (χ4n) is 1.79. The molecule has 1 aliphatic carbocycles. The quantitative estimate of drug-likeness (QED) is 0.658. The number of ether oxygens (including phenoxy) is 2. The number of carbonyl (C=O) groups is 1. The summed E-state index contributed by atoms with van der Waals surface area (Å²) in [7, 11) is 0. The predicted octanol–water partition coefficient (Wildman–Crippen LogP) is 0.507. The van der Waals surface area contributed by atoms with Gasteiger partial charge in [0.1, 0.15) is 6.10 Å². The summed E-state index contributed by atoms with van der Waals surface area (Å²) in [6.07, 6.45) is 1.71. The molecule has 1 saturated heterocycles. The number of primary amides is 1. The molecular formula is C8H13NO3. The molecule has 2 atom stereocenters. The molecule has 1 saturated carbocycles. The molecule has 0 bridgehead atoms. The first kappa shape index (κ1) is 7.86. The molecular weight excluding hydrogens is 158 g/mol. The number of hydrogen-bond acceptors (Lipinski definition) is 3. The second-order valence-corrected chi connectivity index (χ2v) is 3.51. The van der Waals surface area contributed by atoms with Crippen LogP contribution in [0.2, 0.25) is 0 Å². The maximum atomic E-state index is 10.5. The van der Waals surface area contributed by atoms with E-state index in [2.05, 4.69) is 0 Å². The van der Waals surface area contributed by atoms with Crippen LogP contribution >= 0.6 is 0 Å². The summed E-state index contributed by atoms with van der Waals surface area (Å²) < 4.78 is 10.2. The zero-order valence-corrected chi connectivity index (χ0v) is 6.86. The van der Waals surface area contributed by atoms with Crippen molar-refractivity contribution in [2.45, 2.75) is 18.9 Å². The van der Waals surface area contributed by atoms with Crippen molar-refractivity contribution < 1.29 is 14.3 Å². The zero-order valence-electron chi connectivity index (χ0n) is 6.86. The Kier molecular flexibility index (Phi) is 1.92. The molecule has 2 N–H and O–H groups in total. The van der Waals surface area contributed by atoms with Gasteiger partial charge in [-0.05, 0) is 18.8 Å². The van der Waals surface area contributed by atoms with Gasteiger partial charge in [-0.3, -0.25) is 0 Å². The van der Waals surface area contributed by atoms with Crippen LogP contribution in [-0.4, -0.2) is 25.4 Å². The Balaban J connectivity index is 1.89. The number of carbonyl (C=O) groups excluding carboxylic acids is 1. The van der Waals surface area contributed by atoms with Gasteiger partial charge in [0.25, 0.3) is 0 Å². The van der Waals surface area contributed by atoms with Crippen LogP contribution in [0.4, 0.5) is 4.79 Å². The Morgan fingerprint density at radius 1 is 1.42 bits per heavy atom. The van der Waals surface area contributed by atoms with E-state index in [1.54, 1.807) is 0 Å². The van der Waals surface area contributed by atoms with Gasteiger partial charge in [0.15, 0.2) is 0 Å². The van der Waals surface area contributed by atoms with Crippen molar-refractivity contribution in [1.29, 1.82) is 0 Å². The summed E-state index contributed by atoms with van der Waals surface area (Å²) in [6.45, 7) is 1.24. The van der Waals surface area contributed by atoms with Gasteiger partial charge in [-0.1, -0.05) is 0 Å². The third-order valence-corrected chi connectivity index (χ3v) is 2.56. The Morgan fingerprint density at radius 3 is 2.75 bits per heavy atom. The second kappa shape index (κ2) is 2.94. The predicted molar refractivity (Wildman–Crippen MR) is 41.5 cm³/mol. The van der Waals surface area contributed by atoms with Gasteiger partial charge in [0, 0.05) is 5.92 Å². The van der Waals surface area contributed by atoms with Crippen LogP contribution in [0.5, 0.6) is 0 Å². The van der Waals surface area contributed by atoms with Crippen LogP contribution in [0, 0.1) is 11.8 Å². The molecule has 0 aromatic rings. The maximum Gasteiger partial charge on any atom is 0.404 e. The fraction of sp³-hybridized carbons (Fsp3) is 0.875. The standard InChI is InChI=1S/C8H13NO3/c9-8(10)12-7-4-11-3-6(7)5-1-2-5/h5-7H,1-4H2,(H2,9,10). The Morgan fingerprint density at radius 2 is 2.17 bits per heavy atom. The van der Waals surface area contributed by atoms with Gasteiger partial charge >= 0.3 is 6.09 Å². The third-order valence-electron chi connectivity index (χ3n) is 2.56.